The monoisotopic (exact) mass is 364 g/mol. The normalized spacial score (nSPS) is 23.9. The topological polar surface area (TPSA) is 57.7 Å². The molecule has 1 amide bonds. The number of carbonyl (C=O) groups excluding carboxylic acids is 1. The Morgan fingerprint density at radius 2 is 1.84 bits per heavy atom. The number of hydrogen-bond acceptors (Lipinski definition) is 4. The molecule has 2 saturated heterocycles. The van der Waals surface area contributed by atoms with Crippen molar-refractivity contribution < 1.29 is 13.2 Å². The Kier molecular flexibility index (Phi) is 5.79. The largest absolute Gasteiger partial charge is 0.342 e. The van der Waals surface area contributed by atoms with Crippen LogP contribution in [0.2, 0.25) is 0 Å². The fourth-order valence-corrected chi connectivity index (χ4v) is 5.70. The molecule has 6 heteroatoms. The first-order chi connectivity index (χ1) is 11.9. The summed E-state index contributed by atoms with van der Waals surface area (Å²) in [6, 6.07) is 10.5. The van der Waals surface area contributed by atoms with Crippen molar-refractivity contribution in [3.05, 3.63) is 35.9 Å². The first-order valence-electron chi connectivity index (χ1n) is 9.15. The fourth-order valence-electron chi connectivity index (χ4n) is 3.90. The zero-order valence-electron chi connectivity index (χ0n) is 14.9. The van der Waals surface area contributed by atoms with E-state index in [4.69, 9.17) is 0 Å². The molecule has 0 bridgehead atoms. The van der Waals surface area contributed by atoms with Crippen molar-refractivity contribution in [2.45, 2.75) is 31.7 Å². The summed E-state index contributed by atoms with van der Waals surface area (Å²) in [5.74, 6) is 1.21. The van der Waals surface area contributed by atoms with Crippen LogP contribution in [0.15, 0.2) is 30.3 Å². The summed E-state index contributed by atoms with van der Waals surface area (Å²) in [5, 5.41) is 0. The summed E-state index contributed by atoms with van der Waals surface area (Å²) in [7, 11) is -1.04. The number of piperidine rings is 1. The van der Waals surface area contributed by atoms with Crippen molar-refractivity contribution >= 4 is 15.7 Å². The van der Waals surface area contributed by atoms with Crippen molar-refractivity contribution in [2.24, 2.45) is 5.92 Å². The van der Waals surface area contributed by atoms with Gasteiger partial charge < -0.3 is 4.90 Å². The molecule has 0 saturated carbocycles. The summed E-state index contributed by atoms with van der Waals surface area (Å²) in [6.07, 6.45) is 3.82. The van der Waals surface area contributed by atoms with Gasteiger partial charge in [-0.1, -0.05) is 30.3 Å². The third-order valence-electron chi connectivity index (χ3n) is 5.55. The molecule has 1 atom stereocenters. The quantitative estimate of drug-likeness (QED) is 0.796. The van der Waals surface area contributed by atoms with Crippen LogP contribution in [0, 0.1) is 5.92 Å². The highest BCUT2D eigenvalue weighted by Gasteiger charge is 2.32. The van der Waals surface area contributed by atoms with Crippen LogP contribution >= 0.6 is 0 Å². The number of rotatable bonds is 5. The van der Waals surface area contributed by atoms with Gasteiger partial charge in [0.15, 0.2) is 9.84 Å². The van der Waals surface area contributed by atoms with Gasteiger partial charge in [-0.3, -0.25) is 9.69 Å². The number of likely N-dealkylation sites (tertiary alicyclic amines) is 1. The van der Waals surface area contributed by atoms with E-state index < -0.39 is 9.84 Å². The van der Waals surface area contributed by atoms with Crippen molar-refractivity contribution in [2.75, 3.05) is 38.2 Å². The van der Waals surface area contributed by atoms with E-state index in [2.05, 4.69) is 24.3 Å². The number of likely N-dealkylation sites (N-methyl/N-ethyl adjacent to an activating group) is 1. The predicted octanol–water partition coefficient (Wildman–Crippen LogP) is 1.59. The number of carbonyl (C=O) groups is 1. The average molecular weight is 365 g/mol. The molecular formula is C19H28N2O3S. The SMILES string of the molecule is CN(CC(=O)N1CCC(Cc2ccccc2)CC1)[C@H]1CCS(=O)(=O)C1. The highest BCUT2D eigenvalue weighted by atomic mass is 32.2. The smallest absolute Gasteiger partial charge is 0.236 e. The molecule has 2 aliphatic heterocycles. The maximum atomic E-state index is 12.5. The zero-order valence-corrected chi connectivity index (χ0v) is 15.7. The lowest BCUT2D eigenvalue weighted by Gasteiger charge is -2.34. The summed E-state index contributed by atoms with van der Waals surface area (Å²) in [4.78, 5) is 16.4. The van der Waals surface area contributed by atoms with Crippen molar-refractivity contribution in [1.29, 1.82) is 0 Å². The number of sulfone groups is 1. The Bertz CT molecular complexity index is 682. The molecule has 2 fully saturated rings. The van der Waals surface area contributed by atoms with E-state index in [-0.39, 0.29) is 23.5 Å². The maximum absolute atomic E-state index is 12.5. The van der Waals surface area contributed by atoms with Gasteiger partial charge in [-0.15, -0.1) is 0 Å². The minimum atomic E-state index is -2.90. The molecule has 2 heterocycles. The summed E-state index contributed by atoms with van der Waals surface area (Å²) >= 11 is 0. The number of hydrogen-bond donors (Lipinski definition) is 0. The Morgan fingerprint density at radius 1 is 1.16 bits per heavy atom. The van der Waals surface area contributed by atoms with Crippen LogP contribution in [0.3, 0.4) is 0 Å². The number of amides is 1. The van der Waals surface area contributed by atoms with E-state index in [1.165, 1.54) is 5.56 Å². The number of nitrogens with zero attached hydrogens (tertiary/aromatic N) is 2. The molecule has 0 aromatic heterocycles. The van der Waals surface area contributed by atoms with E-state index >= 15 is 0 Å². The fraction of sp³-hybridized carbons (Fsp3) is 0.632. The van der Waals surface area contributed by atoms with Gasteiger partial charge in [0.2, 0.25) is 5.91 Å². The van der Waals surface area contributed by atoms with E-state index in [1.54, 1.807) is 0 Å². The van der Waals surface area contributed by atoms with Crippen molar-refractivity contribution in [3.63, 3.8) is 0 Å². The van der Waals surface area contributed by atoms with Crippen LogP contribution < -0.4 is 0 Å². The first-order valence-corrected chi connectivity index (χ1v) is 11.0. The average Bonchev–Trinajstić information content (AvgIpc) is 2.96. The van der Waals surface area contributed by atoms with Crippen LogP contribution in [-0.4, -0.2) is 68.4 Å². The van der Waals surface area contributed by atoms with E-state index in [1.807, 2.05) is 22.9 Å². The minimum Gasteiger partial charge on any atom is -0.342 e. The molecule has 5 nitrogen and oxygen atoms in total. The van der Waals surface area contributed by atoms with Gasteiger partial charge in [-0.25, -0.2) is 8.42 Å². The summed E-state index contributed by atoms with van der Waals surface area (Å²) in [6.45, 7) is 1.95. The Balaban J connectivity index is 1.44. The molecule has 2 aliphatic rings. The van der Waals surface area contributed by atoms with E-state index in [0.717, 1.165) is 32.4 Å². The molecule has 0 aliphatic carbocycles. The van der Waals surface area contributed by atoms with Gasteiger partial charge in [-0.05, 0) is 44.2 Å². The third-order valence-corrected chi connectivity index (χ3v) is 7.30. The van der Waals surface area contributed by atoms with E-state index in [9.17, 15) is 13.2 Å². The highest BCUT2D eigenvalue weighted by Crippen LogP contribution is 2.22. The third kappa shape index (κ3) is 5.05. The van der Waals surface area contributed by atoms with Crippen molar-refractivity contribution in [1.82, 2.24) is 9.80 Å². The molecule has 1 aromatic rings. The Labute approximate surface area is 150 Å². The Morgan fingerprint density at radius 3 is 2.44 bits per heavy atom. The van der Waals surface area contributed by atoms with Crippen LogP contribution in [0.4, 0.5) is 0 Å². The summed E-state index contributed by atoms with van der Waals surface area (Å²) in [5.41, 5.74) is 1.37. The molecule has 0 unspecified atom stereocenters. The van der Waals surface area contributed by atoms with E-state index in [0.29, 0.717) is 18.9 Å². The van der Waals surface area contributed by atoms with Crippen LogP contribution in [0.25, 0.3) is 0 Å². The zero-order chi connectivity index (χ0) is 17.9. The van der Waals surface area contributed by atoms with Gasteiger partial charge in [0.1, 0.15) is 0 Å². The lowest BCUT2D eigenvalue weighted by molar-refractivity contribution is -0.133. The minimum absolute atomic E-state index is 0.00966. The number of benzene rings is 1. The highest BCUT2D eigenvalue weighted by molar-refractivity contribution is 7.91. The molecule has 0 spiro atoms. The van der Waals surface area contributed by atoms with Gasteiger partial charge in [0.25, 0.3) is 0 Å². The molecule has 0 N–H and O–H groups in total. The second-order valence-electron chi connectivity index (χ2n) is 7.49. The standard InChI is InChI=1S/C19H28N2O3S/c1-20(18-9-12-25(23,24)15-18)14-19(22)21-10-7-17(8-11-21)13-16-5-3-2-4-6-16/h2-6,17-18H,7-15H2,1H3/t18-/m0/s1. The molecule has 3 rings (SSSR count). The van der Waals surface area contributed by atoms with Crippen LogP contribution in [0.1, 0.15) is 24.8 Å². The van der Waals surface area contributed by atoms with Gasteiger partial charge in [0.05, 0.1) is 18.1 Å². The second-order valence-corrected chi connectivity index (χ2v) is 9.71. The molecule has 138 valence electrons. The molecular weight excluding hydrogens is 336 g/mol. The lowest BCUT2D eigenvalue weighted by Crippen LogP contribution is -2.46. The second kappa shape index (κ2) is 7.87. The van der Waals surface area contributed by atoms with Crippen LogP contribution in [0.5, 0.6) is 0 Å². The molecule has 1 aromatic carbocycles. The van der Waals surface area contributed by atoms with Gasteiger partial charge in [0, 0.05) is 19.1 Å². The first kappa shape index (κ1) is 18.4. The molecule has 0 radical (unpaired) electrons. The lowest BCUT2D eigenvalue weighted by atomic mass is 9.90. The Hall–Kier alpha value is -1.40. The van der Waals surface area contributed by atoms with Gasteiger partial charge in [-0.2, -0.15) is 0 Å². The van der Waals surface area contributed by atoms with Crippen molar-refractivity contribution in [3.8, 4) is 0 Å². The molecule has 25 heavy (non-hydrogen) atoms. The maximum Gasteiger partial charge on any atom is 0.236 e. The summed E-state index contributed by atoms with van der Waals surface area (Å²) < 4.78 is 23.2. The van der Waals surface area contributed by atoms with Crippen LogP contribution in [-0.2, 0) is 21.1 Å². The predicted molar refractivity (Wildman–Crippen MR) is 99.1 cm³/mol. The van der Waals surface area contributed by atoms with Gasteiger partial charge >= 0.3 is 0 Å².